The molecule has 0 spiro atoms. The van der Waals surface area contributed by atoms with E-state index in [1.807, 2.05) is 31.2 Å². The van der Waals surface area contributed by atoms with Crippen molar-refractivity contribution in [2.45, 2.75) is 20.4 Å². The van der Waals surface area contributed by atoms with Crippen LogP contribution in [-0.4, -0.2) is 26.6 Å². The number of halogens is 1. The number of benzene rings is 2. The molecule has 1 aromatic heterocycles. The van der Waals surface area contributed by atoms with Crippen LogP contribution >= 0.6 is 12.2 Å². The van der Waals surface area contributed by atoms with Gasteiger partial charge in [-0.3, -0.25) is 19.3 Å². The number of primary amides is 1. The topological polar surface area (TPSA) is 106 Å². The molecule has 0 atom stereocenters. The molecule has 2 aromatic carbocycles. The van der Waals surface area contributed by atoms with Crippen LogP contribution in [0.15, 0.2) is 36.4 Å². The largest absolute Gasteiger partial charge is 0.366 e. The van der Waals surface area contributed by atoms with Gasteiger partial charge in [-0.25, -0.2) is 4.39 Å². The molecule has 9 heteroatoms. The number of aryl methyl sites for hydroxylation is 1. The summed E-state index contributed by atoms with van der Waals surface area (Å²) in [5, 5.41) is 9.49. The summed E-state index contributed by atoms with van der Waals surface area (Å²) in [7, 11) is 0. The summed E-state index contributed by atoms with van der Waals surface area (Å²) in [6.45, 7) is 3.31. The minimum absolute atomic E-state index is 0.0289. The van der Waals surface area contributed by atoms with E-state index in [9.17, 15) is 14.0 Å². The number of rotatable bonds is 5. The lowest BCUT2D eigenvalue weighted by molar-refractivity contribution is -0.116. The van der Waals surface area contributed by atoms with Crippen LogP contribution in [0.2, 0.25) is 0 Å². The second kappa shape index (κ2) is 7.73. The van der Waals surface area contributed by atoms with E-state index in [1.165, 1.54) is 13.0 Å². The number of nitrogens with two attached hydrogens (primary N) is 1. The van der Waals surface area contributed by atoms with E-state index in [0.717, 1.165) is 17.2 Å². The van der Waals surface area contributed by atoms with Gasteiger partial charge in [0.25, 0.3) is 0 Å². The van der Waals surface area contributed by atoms with E-state index in [-0.39, 0.29) is 28.1 Å². The van der Waals surface area contributed by atoms with E-state index in [2.05, 4.69) is 15.5 Å². The molecule has 0 aliphatic carbocycles. The fourth-order valence-electron chi connectivity index (χ4n) is 2.75. The summed E-state index contributed by atoms with van der Waals surface area (Å²) in [6, 6.07) is 10.0. The summed E-state index contributed by atoms with van der Waals surface area (Å²) < 4.78 is 15.8. The smallest absolute Gasteiger partial charge is 0.248 e. The summed E-state index contributed by atoms with van der Waals surface area (Å²) in [5.41, 5.74) is 7.40. The van der Waals surface area contributed by atoms with Gasteiger partial charge >= 0.3 is 0 Å². The first-order valence-corrected chi connectivity index (χ1v) is 8.79. The molecule has 3 aromatic rings. The molecule has 1 heterocycles. The van der Waals surface area contributed by atoms with E-state index >= 15 is 0 Å². The Morgan fingerprint density at radius 3 is 2.71 bits per heavy atom. The van der Waals surface area contributed by atoms with E-state index in [0.29, 0.717) is 5.82 Å². The number of nitrogens with one attached hydrogen (secondary N) is 2. The number of anilines is 1. The maximum atomic E-state index is 14.0. The SMILES string of the molecule is Cc1cccc(-c2n[nH]c(=S)n2CC(=O)Nc2cc(C(N)=O)cc(F)c2C)c1. The molecule has 2 amide bonds. The predicted octanol–water partition coefficient (Wildman–Crippen LogP) is 3.10. The second-order valence-corrected chi connectivity index (χ2v) is 6.74. The molecule has 0 unspecified atom stereocenters. The lowest BCUT2D eigenvalue weighted by Gasteiger charge is -2.12. The van der Waals surface area contributed by atoms with Gasteiger partial charge in [-0.05, 0) is 44.3 Å². The fourth-order valence-corrected chi connectivity index (χ4v) is 2.95. The van der Waals surface area contributed by atoms with Crippen molar-refractivity contribution in [1.29, 1.82) is 0 Å². The van der Waals surface area contributed by atoms with Crippen molar-refractivity contribution in [1.82, 2.24) is 14.8 Å². The number of H-pyrrole nitrogens is 1. The zero-order valence-corrected chi connectivity index (χ0v) is 16.1. The Morgan fingerprint density at radius 2 is 2.04 bits per heavy atom. The van der Waals surface area contributed by atoms with Crippen LogP contribution in [0, 0.1) is 24.4 Å². The highest BCUT2D eigenvalue weighted by molar-refractivity contribution is 7.71. The first-order chi connectivity index (χ1) is 13.3. The summed E-state index contributed by atoms with van der Waals surface area (Å²) in [4.78, 5) is 23.9. The van der Waals surface area contributed by atoms with Crippen LogP contribution < -0.4 is 11.1 Å². The molecule has 28 heavy (non-hydrogen) atoms. The monoisotopic (exact) mass is 399 g/mol. The number of amides is 2. The van der Waals surface area contributed by atoms with Crippen molar-refractivity contribution in [3.63, 3.8) is 0 Å². The number of hydrogen-bond donors (Lipinski definition) is 3. The maximum Gasteiger partial charge on any atom is 0.248 e. The van der Waals surface area contributed by atoms with Gasteiger partial charge in [0, 0.05) is 22.4 Å². The first-order valence-electron chi connectivity index (χ1n) is 8.38. The van der Waals surface area contributed by atoms with E-state index < -0.39 is 17.6 Å². The van der Waals surface area contributed by atoms with Crippen molar-refractivity contribution < 1.29 is 14.0 Å². The molecular weight excluding hydrogens is 381 g/mol. The zero-order valence-electron chi connectivity index (χ0n) is 15.2. The van der Waals surface area contributed by atoms with Gasteiger partial charge in [-0.15, -0.1) is 0 Å². The van der Waals surface area contributed by atoms with Crippen LogP contribution in [0.25, 0.3) is 11.4 Å². The number of carbonyl (C=O) groups excluding carboxylic acids is 2. The van der Waals surface area contributed by atoms with Gasteiger partial charge in [0.15, 0.2) is 10.6 Å². The Morgan fingerprint density at radius 1 is 1.29 bits per heavy atom. The third-order valence-corrected chi connectivity index (χ3v) is 4.55. The molecule has 0 aliphatic heterocycles. The number of nitrogens with zero attached hydrogens (tertiary/aromatic N) is 2. The molecule has 0 saturated carbocycles. The normalized spacial score (nSPS) is 10.7. The number of hydrogen-bond acceptors (Lipinski definition) is 4. The quantitative estimate of drug-likeness (QED) is 0.573. The molecule has 0 radical (unpaired) electrons. The van der Waals surface area contributed by atoms with E-state index in [4.69, 9.17) is 18.0 Å². The van der Waals surface area contributed by atoms with Gasteiger partial charge in [-0.1, -0.05) is 23.8 Å². The lowest BCUT2D eigenvalue weighted by atomic mass is 10.1. The predicted molar refractivity (Wildman–Crippen MR) is 106 cm³/mol. The Hall–Kier alpha value is -3.33. The lowest BCUT2D eigenvalue weighted by Crippen LogP contribution is -2.21. The molecule has 0 saturated heterocycles. The van der Waals surface area contributed by atoms with Crippen molar-refractivity contribution in [2.75, 3.05) is 5.32 Å². The average molecular weight is 399 g/mol. The van der Waals surface area contributed by atoms with E-state index in [1.54, 1.807) is 4.57 Å². The summed E-state index contributed by atoms with van der Waals surface area (Å²) in [5.74, 6) is -1.35. The molecule has 144 valence electrons. The van der Waals surface area contributed by atoms with Crippen LogP contribution in [0.4, 0.5) is 10.1 Å². The van der Waals surface area contributed by atoms with Gasteiger partial charge in [0.05, 0.1) is 0 Å². The molecule has 7 nitrogen and oxygen atoms in total. The van der Waals surface area contributed by atoms with Crippen molar-refractivity contribution >= 4 is 29.7 Å². The van der Waals surface area contributed by atoms with Gasteiger partial charge in [-0.2, -0.15) is 5.10 Å². The summed E-state index contributed by atoms with van der Waals surface area (Å²) >= 11 is 5.23. The Bertz CT molecular complexity index is 1140. The maximum absolute atomic E-state index is 14.0. The van der Waals surface area contributed by atoms with Gasteiger partial charge < -0.3 is 11.1 Å². The third kappa shape index (κ3) is 3.99. The summed E-state index contributed by atoms with van der Waals surface area (Å²) in [6.07, 6.45) is 0. The first kappa shape index (κ1) is 19.4. The van der Waals surface area contributed by atoms with Crippen molar-refractivity contribution in [3.05, 3.63) is 63.7 Å². The Balaban J connectivity index is 1.89. The molecule has 3 rings (SSSR count). The number of aromatic nitrogens is 3. The third-order valence-electron chi connectivity index (χ3n) is 4.24. The standard InChI is InChI=1S/C19H18FN5O2S/c1-10-4-3-5-12(6-10)18-23-24-19(28)25(18)9-16(26)22-15-8-13(17(21)27)7-14(20)11(15)2/h3-8H,9H2,1-2H3,(H2,21,27)(H,22,26)(H,24,28). The zero-order chi connectivity index (χ0) is 20.4. The highest BCUT2D eigenvalue weighted by Gasteiger charge is 2.16. The van der Waals surface area contributed by atoms with Gasteiger partial charge in [0.1, 0.15) is 12.4 Å². The van der Waals surface area contributed by atoms with Crippen molar-refractivity contribution in [3.8, 4) is 11.4 Å². The Labute approximate surface area is 165 Å². The second-order valence-electron chi connectivity index (χ2n) is 6.35. The number of aromatic amines is 1. The highest BCUT2D eigenvalue weighted by Crippen LogP contribution is 2.22. The minimum atomic E-state index is -0.784. The minimum Gasteiger partial charge on any atom is -0.366 e. The highest BCUT2D eigenvalue weighted by atomic mass is 32.1. The van der Waals surface area contributed by atoms with Gasteiger partial charge in [0.2, 0.25) is 11.8 Å². The molecule has 4 N–H and O–H groups in total. The van der Waals surface area contributed by atoms with Crippen LogP contribution in [0.3, 0.4) is 0 Å². The molecule has 0 bridgehead atoms. The molecule has 0 aliphatic rings. The average Bonchev–Trinajstić information content (AvgIpc) is 2.99. The fraction of sp³-hybridized carbons (Fsp3) is 0.158. The molecule has 0 fully saturated rings. The Kier molecular flexibility index (Phi) is 5.36. The van der Waals surface area contributed by atoms with Crippen LogP contribution in [0.1, 0.15) is 21.5 Å². The van der Waals surface area contributed by atoms with Crippen LogP contribution in [0.5, 0.6) is 0 Å². The molecular formula is C19H18FN5O2S. The number of carbonyl (C=O) groups is 2. The van der Waals surface area contributed by atoms with Crippen LogP contribution in [-0.2, 0) is 11.3 Å². The van der Waals surface area contributed by atoms with Crippen molar-refractivity contribution in [2.24, 2.45) is 5.73 Å².